The summed E-state index contributed by atoms with van der Waals surface area (Å²) in [7, 11) is 1.59. The molecule has 72 valence electrons. The molecule has 14 heavy (non-hydrogen) atoms. The molecule has 1 heterocycles. The Labute approximate surface area is 85.7 Å². The number of benzene rings is 1. The van der Waals surface area contributed by atoms with E-state index in [-0.39, 0.29) is 10.9 Å². The van der Waals surface area contributed by atoms with Crippen molar-refractivity contribution in [2.45, 2.75) is 0 Å². The molecule has 2 N–H and O–H groups in total. The molecule has 1 aromatic carbocycles. The third-order valence-corrected chi connectivity index (χ3v) is 1.98. The van der Waals surface area contributed by atoms with Crippen LogP contribution in [0.1, 0.15) is 5.89 Å². The molecule has 5 heteroatoms. The number of aromatic nitrogens is 1. The first-order valence-electron chi connectivity index (χ1n) is 3.95. The van der Waals surface area contributed by atoms with Crippen molar-refractivity contribution in [2.24, 2.45) is 5.73 Å². The van der Waals surface area contributed by atoms with Crippen LogP contribution in [-0.2, 0) is 0 Å². The second-order valence-corrected chi connectivity index (χ2v) is 3.16. The highest BCUT2D eigenvalue weighted by molar-refractivity contribution is 7.80. The van der Waals surface area contributed by atoms with Gasteiger partial charge in [0.15, 0.2) is 10.6 Å². The zero-order valence-corrected chi connectivity index (χ0v) is 8.30. The summed E-state index contributed by atoms with van der Waals surface area (Å²) in [4.78, 5) is 4.25. The molecule has 2 aromatic rings. The minimum atomic E-state index is 0.153. The molecule has 0 saturated carbocycles. The van der Waals surface area contributed by atoms with Crippen LogP contribution in [0.25, 0.3) is 11.1 Å². The monoisotopic (exact) mass is 208 g/mol. The lowest BCUT2D eigenvalue weighted by atomic mass is 10.3. The van der Waals surface area contributed by atoms with Crippen LogP contribution in [-0.4, -0.2) is 17.1 Å². The summed E-state index contributed by atoms with van der Waals surface area (Å²) >= 11 is 4.75. The van der Waals surface area contributed by atoms with Gasteiger partial charge in [-0.3, -0.25) is 0 Å². The van der Waals surface area contributed by atoms with E-state index in [4.69, 9.17) is 27.1 Å². The van der Waals surface area contributed by atoms with Crippen molar-refractivity contribution in [1.29, 1.82) is 0 Å². The number of rotatable bonds is 2. The van der Waals surface area contributed by atoms with Gasteiger partial charge in [-0.25, -0.2) is 4.98 Å². The second-order valence-electron chi connectivity index (χ2n) is 2.72. The van der Waals surface area contributed by atoms with Crippen LogP contribution in [0.2, 0.25) is 0 Å². The smallest absolute Gasteiger partial charge is 0.255 e. The van der Waals surface area contributed by atoms with Crippen molar-refractivity contribution in [2.75, 3.05) is 7.11 Å². The van der Waals surface area contributed by atoms with Gasteiger partial charge in [0.1, 0.15) is 11.3 Å². The van der Waals surface area contributed by atoms with E-state index in [1.807, 2.05) is 0 Å². The molecule has 0 atom stereocenters. The third kappa shape index (κ3) is 1.42. The summed E-state index contributed by atoms with van der Waals surface area (Å²) in [5.41, 5.74) is 6.73. The van der Waals surface area contributed by atoms with Gasteiger partial charge >= 0.3 is 0 Å². The van der Waals surface area contributed by atoms with Crippen LogP contribution >= 0.6 is 12.2 Å². The van der Waals surface area contributed by atoms with Crippen LogP contribution in [0, 0.1) is 0 Å². The molecule has 0 amide bonds. The number of nitrogens with two attached hydrogens (primary N) is 1. The number of nitrogens with zero attached hydrogens (tertiary/aromatic N) is 1. The number of thiocarbonyl (C=S) groups is 1. The molecule has 0 unspecified atom stereocenters. The van der Waals surface area contributed by atoms with Crippen molar-refractivity contribution in [3.05, 3.63) is 24.1 Å². The lowest BCUT2D eigenvalue weighted by molar-refractivity contribution is 0.414. The molecule has 0 aliphatic rings. The molecule has 0 fully saturated rings. The van der Waals surface area contributed by atoms with E-state index < -0.39 is 0 Å². The van der Waals surface area contributed by atoms with E-state index >= 15 is 0 Å². The van der Waals surface area contributed by atoms with E-state index in [1.54, 1.807) is 25.3 Å². The number of hydrogen-bond acceptors (Lipinski definition) is 4. The molecule has 4 nitrogen and oxygen atoms in total. The minimum Gasteiger partial charge on any atom is -0.497 e. The maximum atomic E-state index is 5.39. The minimum absolute atomic E-state index is 0.153. The van der Waals surface area contributed by atoms with Crippen molar-refractivity contribution < 1.29 is 9.15 Å². The number of hydrogen-bond donors (Lipinski definition) is 1. The maximum Gasteiger partial charge on any atom is 0.255 e. The van der Waals surface area contributed by atoms with Crippen LogP contribution < -0.4 is 10.5 Å². The molecular formula is C9H8N2O2S. The Morgan fingerprint density at radius 1 is 1.57 bits per heavy atom. The summed E-state index contributed by atoms with van der Waals surface area (Å²) in [6, 6.07) is 5.33. The fraction of sp³-hybridized carbons (Fsp3) is 0.111. The van der Waals surface area contributed by atoms with Gasteiger partial charge in [0, 0.05) is 6.07 Å². The van der Waals surface area contributed by atoms with Crippen molar-refractivity contribution >= 4 is 28.3 Å². The van der Waals surface area contributed by atoms with Crippen molar-refractivity contribution in [3.8, 4) is 5.75 Å². The average Bonchev–Trinajstić information content (AvgIpc) is 2.59. The molecule has 0 spiro atoms. The van der Waals surface area contributed by atoms with Crippen molar-refractivity contribution in [1.82, 2.24) is 4.98 Å². The van der Waals surface area contributed by atoms with E-state index in [1.165, 1.54) is 0 Å². The summed E-state index contributed by atoms with van der Waals surface area (Å²) in [6.07, 6.45) is 0. The normalized spacial score (nSPS) is 10.4. The lowest BCUT2D eigenvalue weighted by Crippen LogP contribution is -2.09. The zero-order valence-electron chi connectivity index (χ0n) is 7.48. The Bertz CT molecular complexity index is 493. The Morgan fingerprint density at radius 3 is 3.00 bits per heavy atom. The fourth-order valence-electron chi connectivity index (χ4n) is 1.14. The molecule has 0 aliphatic heterocycles. The van der Waals surface area contributed by atoms with Gasteiger partial charge in [-0.05, 0) is 12.1 Å². The predicted octanol–water partition coefficient (Wildman–Crippen LogP) is 1.47. The first-order chi connectivity index (χ1) is 6.70. The van der Waals surface area contributed by atoms with Crippen LogP contribution in [0.5, 0.6) is 5.75 Å². The van der Waals surface area contributed by atoms with Crippen molar-refractivity contribution in [3.63, 3.8) is 0 Å². The topological polar surface area (TPSA) is 61.3 Å². The summed E-state index contributed by atoms with van der Waals surface area (Å²) < 4.78 is 10.4. The van der Waals surface area contributed by atoms with Crippen LogP contribution in [0.3, 0.4) is 0 Å². The Hall–Kier alpha value is -1.62. The number of fused-ring (bicyclic) bond motifs is 1. The first-order valence-corrected chi connectivity index (χ1v) is 4.36. The molecular weight excluding hydrogens is 200 g/mol. The SMILES string of the molecule is COc1ccc2nc(C(N)=S)oc2c1. The quantitative estimate of drug-likeness (QED) is 0.757. The maximum absolute atomic E-state index is 5.39. The molecule has 2 rings (SSSR count). The number of ether oxygens (including phenoxy) is 1. The summed E-state index contributed by atoms with van der Waals surface area (Å²) in [5, 5.41) is 0. The van der Waals surface area contributed by atoms with Gasteiger partial charge < -0.3 is 14.9 Å². The average molecular weight is 208 g/mol. The first kappa shape index (κ1) is 8.96. The van der Waals surface area contributed by atoms with Gasteiger partial charge in [0.05, 0.1) is 7.11 Å². The highest BCUT2D eigenvalue weighted by Gasteiger charge is 2.08. The Kier molecular flexibility index (Phi) is 2.09. The van der Waals surface area contributed by atoms with Gasteiger partial charge in [-0.1, -0.05) is 12.2 Å². The van der Waals surface area contributed by atoms with E-state index in [9.17, 15) is 0 Å². The second kappa shape index (κ2) is 3.26. The number of methoxy groups -OCH3 is 1. The Morgan fingerprint density at radius 2 is 2.36 bits per heavy atom. The standard InChI is InChI=1S/C9H8N2O2S/c1-12-5-2-3-6-7(4-5)13-9(11-6)8(10)14/h2-4H,1H3,(H2,10,14). The largest absolute Gasteiger partial charge is 0.497 e. The molecule has 0 bridgehead atoms. The summed E-state index contributed by atoms with van der Waals surface area (Å²) in [6.45, 7) is 0. The highest BCUT2D eigenvalue weighted by atomic mass is 32.1. The van der Waals surface area contributed by atoms with Crippen LogP contribution in [0.15, 0.2) is 22.6 Å². The third-order valence-electron chi connectivity index (χ3n) is 1.81. The Balaban J connectivity index is 2.60. The van der Waals surface area contributed by atoms with E-state index in [0.717, 1.165) is 0 Å². The van der Waals surface area contributed by atoms with Gasteiger partial charge in [0.25, 0.3) is 5.89 Å². The molecule has 0 saturated heterocycles. The van der Waals surface area contributed by atoms with E-state index in [2.05, 4.69) is 4.98 Å². The highest BCUT2D eigenvalue weighted by Crippen LogP contribution is 2.21. The fourth-order valence-corrected chi connectivity index (χ4v) is 1.22. The zero-order chi connectivity index (χ0) is 10.1. The predicted molar refractivity (Wildman–Crippen MR) is 56.4 cm³/mol. The number of oxazole rings is 1. The van der Waals surface area contributed by atoms with Gasteiger partial charge in [-0.2, -0.15) is 0 Å². The molecule has 0 radical (unpaired) electrons. The lowest BCUT2D eigenvalue weighted by Gasteiger charge is -1.95. The van der Waals surface area contributed by atoms with Gasteiger partial charge in [0.2, 0.25) is 0 Å². The molecule has 1 aromatic heterocycles. The van der Waals surface area contributed by atoms with E-state index in [0.29, 0.717) is 16.8 Å². The molecule has 0 aliphatic carbocycles. The van der Waals surface area contributed by atoms with Crippen LogP contribution in [0.4, 0.5) is 0 Å². The summed E-state index contributed by atoms with van der Waals surface area (Å²) in [5.74, 6) is 0.992. The van der Waals surface area contributed by atoms with Gasteiger partial charge in [-0.15, -0.1) is 0 Å².